The van der Waals surface area contributed by atoms with E-state index in [9.17, 15) is 9.59 Å². The average molecular weight is 366 g/mol. The van der Waals surface area contributed by atoms with E-state index in [1.54, 1.807) is 0 Å². The molecular formula is C21H22N2O2S. The normalized spacial score (nSPS) is 20.4. The van der Waals surface area contributed by atoms with Crippen molar-refractivity contribution in [3.8, 4) is 0 Å². The summed E-state index contributed by atoms with van der Waals surface area (Å²) in [5, 5.41) is 2.57. The number of fused-ring (bicyclic) bond motifs is 1. The lowest BCUT2D eigenvalue weighted by molar-refractivity contribution is -0.133. The van der Waals surface area contributed by atoms with Crippen LogP contribution in [-0.2, 0) is 9.59 Å². The Kier molecular flexibility index (Phi) is 4.98. The van der Waals surface area contributed by atoms with Crippen molar-refractivity contribution in [1.29, 1.82) is 0 Å². The molecule has 4 rings (SSSR count). The summed E-state index contributed by atoms with van der Waals surface area (Å²) in [6, 6.07) is 18.3. The summed E-state index contributed by atoms with van der Waals surface area (Å²) in [5.41, 5.74) is 2.20. The number of nitrogens with zero attached hydrogens (tertiary/aromatic N) is 1. The summed E-state index contributed by atoms with van der Waals surface area (Å²) in [4.78, 5) is 28.0. The Bertz CT molecular complexity index is 801. The van der Waals surface area contributed by atoms with Gasteiger partial charge in [0, 0.05) is 24.4 Å². The van der Waals surface area contributed by atoms with E-state index in [4.69, 9.17) is 0 Å². The van der Waals surface area contributed by atoms with Crippen LogP contribution >= 0.6 is 11.8 Å². The summed E-state index contributed by atoms with van der Waals surface area (Å²) in [5.74, 6) is 0.546. The number of nitrogens with one attached hydrogen (secondary N) is 1. The summed E-state index contributed by atoms with van der Waals surface area (Å²) in [7, 11) is 0. The van der Waals surface area contributed by atoms with Crippen LogP contribution in [-0.4, -0.2) is 35.1 Å². The number of rotatable bonds is 3. The first-order valence-electron chi connectivity index (χ1n) is 9.10. The molecule has 0 radical (unpaired) electrons. The Balaban J connectivity index is 1.34. The van der Waals surface area contributed by atoms with Gasteiger partial charge in [0.15, 0.2) is 0 Å². The molecule has 0 bridgehead atoms. The molecule has 0 saturated carbocycles. The van der Waals surface area contributed by atoms with E-state index < -0.39 is 0 Å². The Morgan fingerprint density at radius 1 is 1.04 bits per heavy atom. The van der Waals surface area contributed by atoms with Crippen LogP contribution in [0.25, 0.3) is 0 Å². The number of amides is 2. The predicted octanol–water partition coefficient (Wildman–Crippen LogP) is 3.90. The summed E-state index contributed by atoms with van der Waals surface area (Å²) < 4.78 is 0. The van der Waals surface area contributed by atoms with Gasteiger partial charge in [-0.3, -0.25) is 9.59 Å². The van der Waals surface area contributed by atoms with Gasteiger partial charge < -0.3 is 10.2 Å². The molecule has 0 spiro atoms. The molecule has 1 fully saturated rings. The SMILES string of the molecule is O=C1Nc2ccccc2SC1CC(=O)N1CCC(c2ccccc2)CC1. The first kappa shape index (κ1) is 17.2. The van der Waals surface area contributed by atoms with Gasteiger partial charge in [0.25, 0.3) is 0 Å². The smallest absolute Gasteiger partial charge is 0.238 e. The molecule has 2 aromatic rings. The Hall–Kier alpha value is -2.27. The van der Waals surface area contributed by atoms with Crippen LogP contribution in [0.3, 0.4) is 0 Å². The van der Waals surface area contributed by atoms with Crippen LogP contribution in [0.5, 0.6) is 0 Å². The molecule has 1 atom stereocenters. The third-order valence-electron chi connectivity index (χ3n) is 5.19. The van der Waals surface area contributed by atoms with Crippen LogP contribution in [0, 0.1) is 0 Å². The number of thioether (sulfide) groups is 1. The molecule has 5 heteroatoms. The van der Waals surface area contributed by atoms with Crippen LogP contribution in [0.15, 0.2) is 59.5 Å². The van der Waals surface area contributed by atoms with Gasteiger partial charge in [-0.1, -0.05) is 42.5 Å². The van der Waals surface area contributed by atoms with Crippen molar-refractivity contribution in [2.45, 2.75) is 35.3 Å². The van der Waals surface area contributed by atoms with Crippen molar-refractivity contribution in [2.24, 2.45) is 0 Å². The molecule has 2 aliphatic rings. The third-order valence-corrected chi connectivity index (χ3v) is 6.46. The maximum absolute atomic E-state index is 12.7. The zero-order valence-corrected chi connectivity index (χ0v) is 15.4. The summed E-state index contributed by atoms with van der Waals surface area (Å²) >= 11 is 1.50. The molecule has 1 unspecified atom stereocenters. The highest BCUT2D eigenvalue weighted by Crippen LogP contribution is 2.37. The molecule has 1 N–H and O–H groups in total. The van der Waals surface area contributed by atoms with Gasteiger partial charge in [-0.05, 0) is 36.5 Å². The van der Waals surface area contributed by atoms with Crippen molar-refractivity contribution in [2.75, 3.05) is 18.4 Å². The van der Waals surface area contributed by atoms with Gasteiger partial charge in [-0.25, -0.2) is 0 Å². The zero-order chi connectivity index (χ0) is 17.9. The van der Waals surface area contributed by atoms with Gasteiger partial charge in [-0.15, -0.1) is 11.8 Å². The largest absolute Gasteiger partial charge is 0.343 e. The minimum absolute atomic E-state index is 0.0683. The molecule has 0 aliphatic carbocycles. The maximum Gasteiger partial charge on any atom is 0.238 e. The average Bonchev–Trinajstić information content (AvgIpc) is 2.69. The fourth-order valence-electron chi connectivity index (χ4n) is 3.70. The van der Waals surface area contributed by atoms with Crippen LogP contribution in [0.4, 0.5) is 5.69 Å². The number of hydrogen-bond donors (Lipinski definition) is 1. The minimum Gasteiger partial charge on any atom is -0.343 e. The topological polar surface area (TPSA) is 49.4 Å². The Morgan fingerprint density at radius 3 is 2.50 bits per heavy atom. The molecule has 2 heterocycles. The zero-order valence-electron chi connectivity index (χ0n) is 14.6. The molecule has 0 aromatic heterocycles. The van der Waals surface area contributed by atoms with E-state index in [1.807, 2.05) is 35.2 Å². The van der Waals surface area contributed by atoms with E-state index in [0.29, 0.717) is 5.92 Å². The number of likely N-dealkylation sites (tertiary alicyclic amines) is 1. The van der Waals surface area contributed by atoms with Crippen LogP contribution in [0.1, 0.15) is 30.7 Å². The molecule has 2 amide bonds. The van der Waals surface area contributed by atoms with Crippen molar-refractivity contribution >= 4 is 29.3 Å². The number of carbonyl (C=O) groups is 2. The second-order valence-corrected chi connectivity index (χ2v) is 8.11. The fourth-order valence-corrected chi connectivity index (χ4v) is 4.80. The summed E-state index contributed by atoms with van der Waals surface area (Å²) in [6.07, 6.45) is 2.24. The molecule has 26 heavy (non-hydrogen) atoms. The molecular weight excluding hydrogens is 344 g/mol. The molecule has 1 saturated heterocycles. The van der Waals surface area contributed by atoms with Gasteiger partial charge in [0.2, 0.25) is 11.8 Å². The minimum atomic E-state index is -0.343. The molecule has 4 nitrogen and oxygen atoms in total. The number of anilines is 1. The number of hydrogen-bond acceptors (Lipinski definition) is 3. The fraction of sp³-hybridized carbons (Fsp3) is 0.333. The lowest BCUT2D eigenvalue weighted by Gasteiger charge is -2.33. The molecule has 134 valence electrons. The highest BCUT2D eigenvalue weighted by molar-refractivity contribution is 8.01. The second kappa shape index (κ2) is 7.54. The number of benzene rings is 2. The van der Waals surface area contributed by atoms with Crippen LogP contribution in [0.2, 0.25) is 0 Å². The van der Waals surface area contributed by atoms with Crippen molar-refractivity contribution in [3.05, 3.63) is 60.2 Å². The van der Waals surface area contributed by atoms with Gasteiger partial charge in [0.05, 0.1) is 10.9 Å². The van der Waals surface area contributed by atoms with Crippen molar-refractivity contribution in [1.82, 2.24) is 4.90 Å². The number of piperidine rings is 1. The highest BCUT2D eigenvalue weighted by Gasteiger charge is 2.31. The van der Waals surface area contributed by atoms with Gasteiger partial charge in [-0.2, -0.15) is 0 Å². The maximum atomic E-state index is 12.7. The van der Waals surface area contributed by atoms with E-state index in [1.165, 1.54) is 17.3 Å². The summed E-state index contributed by atoms with van der Waals surface area (Å²) in [6.45, 7) is 1.54. The van der Waals surface area contributed by atoms with Crippen molar-refractivity contribution in [3.63, 3.8) is 0 Å². The van der Waals surface area contributed by atoms with Crippen LogP contribution < -0.4 is 5.32 Å². The third kappa shape index (κ3) is 3.63. The number of carbonyl (C=O) groups excluding carboxylic acids is 2. The second-order valence-electron chi connectivity index (χ2n) is 6.86. The lowest BCUT2D eigenvalue weighted by atomic mass is 9.89. The molecule has 2 aliphatic heterocycles. The van der Waals surface area contributed by atoms with E-state index in [-0.39, 0.29) is 23.5 Å². The Morgan fingerprint density at radius 2 is 1.73 bits per heavy atom. The monoisotopic (exact) mass is 366 g/mol. The van der Waals surface area contributed by atoms with Crippen molar-refractivity contribution < 1.29 is 9.59 Å². The standard InChI is InChI=1S/C21H22N2O2S/c24-20(14-19-21(25)22-17-8-4-5-9-18(17)26-19)23-12-10-16(11-13-23)15-6-2-1-3-7-15/h1-9,16,19H,10-14H2,(H,22,25). The first-order valence-corrected chi connectivity index (χ1v) is 9.98. The molecule has 2 aromatic carbocycles. The number of para-hydroxylation sites is 1. The lowest BCUT2D eigenvalue weighted by Crippen LogP contribution is -2.41. The predicted molar refractivity (Wildman–Crippen MR) is 104 cm³/mol. The van der Waals surface area contributed by atoms with E-state index in [0.717, 1.165) is 36.5 Å². The van der Waals surface area contributed by atoms with E-state index >= 15 is 0 Å². The Labute approximate surface area is 158 Å². The highest BCUT2D eigenvalue weighted by atomic mass is 32.2. The van der Waals surface area contributed by atoms with E-state index in [2.05, 4.69) is 29.6 Å². The first-order chi connectivity index (χ1) is 12.7. The van der Waals surface area contributed by atoms with Gasteiger partial charge in [0.1, 0.15) is 0 Å². The van der Waals surface area contributed by atoms with Gasteiger partial charge >= 0.3 is 0 Å². The quantitative estimate of drug-likeness (QED) is 0.896.